The number of nitrogens with zero attached hydrogens (tertiary/aromatic N) is 1. The minimum Gasteiger partial charge on any atom is -0.467 e. The Hall–Kier alpha value is -0.650. The predicted octanol–water partition coefficient (Wildman–Crippen LogP) is -0.351. The van der Waals surface area contributed by atoms with Gasteiger partial charge in [-0.1, -0.05) is 0 Å². The number of carbonyl (C=O) groups excluding carboxylic acids is 1. The quantitative estimate of drug-likeness (QED) is 0.589. The van der Waals surface area contributed by atoms with Crippen LogP contribution in [-0.4, -0.2) is 63.0 Å². The summed E-state index contributed by atoms with van der Waals surface area (Å²) in [7, 11) is 1.39. The van der Waals surface area contributed by atoms with Crippen molar-refractivity contribution in [3.8, 4) is 0 Å². The van der Waals surface area contributed by atoms with E-state index >= 15 is 0 Å². The van der Waals surface area contributed by atoms with E-state index < -0.39 is 6.10 Å². The van der Waals surface area contributed by atoms with Crippen molar-refractivity contribution in [2.45, 2.75) is 18.6 Å². The van der Waals surface area contributed by atoms with Crippen molar-refractivity contribution < 1.29 is 19.0 Å². The van der Waals surface area contributed by atoms with Gasteiger partial charge in [-0.25, -0.2) is 4.79 Å². The van der Waals surface area contributed by atoms with E-state index in [1.807, 2.05) is 0 Å². The van der Waals surface area contributed by atoms with E-state index in [2.05, 4.69) is 9.64 Å². The van der Waals surface area contributed by atoms with Gasteiger partial charge in [0.15, 0.2) is 6.10 Å². The zero-order chi connectivity index (χ0) is 10.7. The number of rotatable bonds is 2. The van der Waals surface area contributed by atoms with Gasteiger partial charge in [-0.05, 0) is 6.42 Å². The molecule has 2 fully saturated rings. The molecule has 2 saturated heterocycles. The highest BCUT2D eigenvalue weighted by Crippen LogP contribution is 2.16. The summed E-state index contributed by atoms with van der Waals surface area (Å²) >= 11 is 0. The normalized spacial score (nSPS) is 32.9. The van der Waals surface area contributed by atoms with Crippen LogP contribution in [0.15, 0.2) is 0 Å². The van der Waals surface area contributed by atoms with E-state index in [4.69, 9.17) is 9.47 Å². The van der Waals surface area contributed by atoms with Gasteiger partial charge < -0.3 is 14.2 Å². The van der Waals surface area contributed by atoms with Gasteiger partial charge in [-0.3, -0.25) is 4.90 Å². The molecule has 0 aromatic rings. The van der Waals surface area contributed by atoms with Gasteiger partial charge in [0.1, 0.15) is 0 Å². The lowest BCUT2D eigenvalue weighted by Gasteiger charge is -2.34. The number of ether oxygens (including phenoxy) is 3. The van der Waals surface area contributed by atoms with Crippen LogP contribution in [0.25, 0.3) is 0 Å². The minimum absolute atomic E-state index is 0.279. The maximum Gasteiger partial charge on any atom is 0.336 e. The second-order valence-corrected chi connectivity index (χ2v) is 3.89. The zero-order valence-electron chi connectivity index (χ0n) is 8.98. The van der Waals surface area contributed by atoms with Crippen LogP contribution in [0.5, 0.6) is 0 Å². The fourth-order valence-corrected chi connectivity index (χ4v) is 2.08. The molecule has 0 bridgehead atoms. The number of esters is 1. The molecule has 2 aliphatic rings. The molecule has 0 saturated carbocycles. The zero-order valence-corrected chi connectivity index (χ0v) is 8.98. The van der Waals surface area contributed by atoms with Gasteiger partial charge in [0.25, 0.3) is 0 Å². The van der Waals surface area contributed by atoms with Crippen molar-refractivity contribution in [1.82, 2.24) is 4.90 Å². The number of morpholine rings is 1. The Morgan fingerprint density at radius 3 is 3.00 bits per heavy atom. The number of hydrogen-bond acceptors (Lipinski definition) is 5. The van der Waals surface area contributed by atoms with Crippen LogP contribution in [0.3, 0.4) is 0 Å². The van der Waals surface area contributed by atoms with Crippen molar-refractivity contribution in [2.75, 3.05) is 40.0 Å². The highest BCUT2D eigenvalue weighted by molar-refractivity contribution is 5.74. The smallest absolute Gasteiger partial charge is 0.336 e. The van der Waals surface area contributed by atoms with Crippen LogP contribution in [0.4, 0.5) is 0 Å². The summed E-state index contributed by atoms with van der Waals surface area (Å²) in [5.41, 5.74) is 0. The monoisotopic (exact) mass is 215 g/mol. The minimum atomic E-state index is -0.427. The van der Waals surface area contributed by atoms with Gasteiger partial charge in [-0.2, -0.15) is 0 Å². The molecule has 2 atom stereocenters. The topological polar surface area (TPSA) is 48.0 Å². The highest BCUT2D eigenvalue weighted by Gasteiger charge is 2.32. The molecular formula is C10H17NO4. The van der Waals surface area contributed by atoms with E-state index in [1.165, 1.54) is 7.11 Å². The van der Waals surface area contributed by atoms with Crippen molar-refractivity contribution >= 4 is 5.97 Å². The molecule has 0 aromatic heterocycles. The lowest BCUT2D eigenvalue weighted by Crippen LogP contribution is -2.50. The molecule has 0 N–H and O–H groups in total. The van der Waals surface area contributed by atoms with Crippen molar-refractivity contribution in [1.29, 1.82) is 0 Å². The first kappa shape index (κ1) is 10.9. The Kier molecular flexibility index (Phi) is 3.56. The molecule has 2 rings (SSSR count). The SMILES string of the molecule is COC(=O)C1CN(C2CCOC2)CCO1. The van der Waals surface area contributed by atoms with E-state index in [0.29, 0.717) is 19.2 Å². The van der Waals surface area contributed by atoms with Gasteiger partial charge in [-0.15, -0.1) is 0 Å². The van der Waals surface area contributed by atoms with Gasteiger partial charge in [0.05, 0.1) is 20.3 Å². The summed E-state index contributed by atoms with van der Waals surface area (Å²) in [6.45, 7) is 3.69. The van der Waals surface area contributed by atoms with E-state index in [-0.39, 0.29) is 5.97 Å². The van der Waals surface area contributed by atoms with E-state index in [9.17, 15) is 4.79 Å². The Bertz CT molecular complexity index is 227. The fourth-order valence-electron chi connectivity index (χ4n) is 2.08. The van der Waals surface area contributed by atoms with Crippen LogP contribution in [0.1, 0.15) is 6.42 Å². The molecule has 86 valence electrons. The molecule has 0 spiro atoms. The molecular weight excluding hydrogens is 198 g/mol. The Labute approximate surface area is 89.3 Å². The molecule has 15 heavy (non-hydrogen) atoms. The lowest BCUT2D eigenvalue weighted by atomic mass is 10.2. The first-order valence-corrected chi connectivity index (χ1v) is 5.32. The average molecular weight is 215 g/mol. The summed E-state index contributed by atoms with van der Waals surface area (Å²) in [6, 6.07) is 0.445. The van der Waals surface area contributed by atoms with E-state index in [0.717, 1.165) is 26.2 Å². The van der Waals surface area contributed by atoms with Crippen LogP contribution in [-0.2, 0) is 19.0 Å². The van der Waals surface area contributed by atoms with E-state index in [1.54, 1.807) is 0 Å². The largest absolute Gasteiger partial charge is 0.467 e. The number of methoxy groups -OCH3 is 1. The summed E-state index contributed by atoms with van der Waals surface area (Å²) in [5.74, 6) is -0.279. The standard InChI is InChI=1S/C10H17NO4/c1-13-10(12)9-6-11(3-5-15-9)8-2-4-14-7-8/h8-9H,2-7H2,1H3. The molecule has 0 radical (unpaired) electrons. The lowest BCUT2D eigenvalue weighted by molar-refractivity contribution is -0.160. The predicted molar refractivity (Wildman–Crippen MR) is 52.6 cm³/mol. The van der Waals surface area contributed by atoms with Crippen LogP contribution >= 0.6 is 0 Å². The Balaban J connectivity index is 1.88. The Morgan fingerprint density at radius 2 is 2.33 bits per heavy atom. The summed E-state index contributed by atoms with van der Waals surface area (Å²) in [6.07, 6.45) is 0.623. The average Bonchev–Trinajstić information content (AvgIpc) is 2.82. The highest BCUT2D eigenvalue weighted by atomic mass is 16.6. The van der Waals surface area contributed by atoms with Gasteiger partial charge in [0.2, 0.25) is 0 Å². The van der Waals surface area contributed by atoms with Crippen LogP contribution in [0, 0.1) is 0 Å². The maximum absolute atomic E-state index is 11.3. The fraction of sp³-hybridized carbons (Fsp3) is 0.900. The molecule has 2 unspecified atom stereocenters. The summed E-state index contributed by atoms with van der Waals surface area (Å²) in [5, 5.41) is 0. The van der Waals surface area contributed by atoms with Crippen molar-refractivity contribution in [2.24, 2.45) is 0 Å². The third-order valence-corrected chi connectivity index (χ3v) is 2.98. The third kappa shape index (κ3) is 2.48. The molecule has 2 heterocycles. The first-order valence-electron chi connectivity index (χ1n) is 5.32. The molecule has 2 aliphatic heterocycles. The van der Waals surface area contributed by atoms with Crippen LogP contribution < -0.4 is 0 Å². The van der Waals surface area contributed by atoms with Crippen molar-refractivity contribution in [3.05, 3.63) is 0 Å². The first-order chi connectivity index (χ1) is 7.31. The Morgan fingerprint density at radius 1 is 1.47 bits per heavy atom. The number of carbonyl (C=O) groups is 1. The van der Waals surface area contributed by atoms with Gasteiger partial charge in [0, 0.05) is 25.7 Å². The number of hydrogen-bond donors (Lipinski definition) is 0. The second-order valence-electron chi connectivity index (χ2n) is 3.89. The van der Waals surface area contributed by atoms with Crippen LogP contribution in [0.2, 0.25) is 0 Å². The second kappa shape index (κ2) is 4.92. The molecule has 0 aliphatic carbocycles. The molecule has 5 heteroatoms. The maximum atomic E-state index is 11.3. The summed E-state index contributed by atoms with van der Waals surface area (Å²) < 4.78 is 15.4. The molecule has 0 amide bonds. The van der Waals surface area contributed by atoms with Crippen molar-refractivity contribution in [3.63, 3.8) is 0 Å². The summed E-state index contributed by atoms with van der Waals surface area (Å²) in [4.78, 5) is 13.6. The third-order valence-electron chi connectivity index (χ3n) is 2.98. The molecule has 0 aromatic carbocycles. The van der Waals surface area contributed by atoms with Gasteiger partial charge >= 0.3 is 5.97 Å². The molecule has 5 nitrogen and oxygen atoms in total.